The molecule has 1 aliphatic heterocycles. The van der Waals surface area contributed by atoms with Gasteiger partial charge in [-0.15, -0.1) is 0 Å². The highest BCUT2D eigenvalue weighted by molar-refractivity contribution is 6.47. The summed E-state index contributed by atoms with van der Waals surface area (Å²) in [6.45, 7) is 9.65. The maximum Gasteiger partial charge on any atom is 0.412 e. The molecule has 0 bridgehead atoms. The lowest BCUT2D eigenvalue weighted by molar-refractivity contribution is -0.110. The van der Waals surface area contributed by atoms with Crippen LogP contribution in [-0.2, 0) is 9.53 Å². The number of urea groups is 1. The van der Waals surface area contributed by atoms with Crippen LogP contribution >= 0.6 is 0 Å². The molecule has 0 aromatic heterocycles. The Hall–Kier alpha value is -4.18. The Balaban J connectivity index is 1.61. The zero-order chi connectivity index (χ0) is 30.0. The summed E-state index contributed by atoms with van der Waals surface area (Å²) in [6.07, 6.45) is 3.82. The smallest absolute Gasteiger partial charge is 0.412 e. The highest BCUT2D eigenvalue weighted by Gasteiger charge is 2.22. The SMILES string of the molecule is Cc1ccc(NC(=O)N(CCCN(C)C)CC2C=CC(C(=O)Nc3ccccc3NC(=O)OC(C)(C)C)=NC2)cc1. The predicted molar refractivity (Wildman–Crippen MR) is 165 cm³/mol. The maximum absolute atomic E-state index is 13.1. The first-order valence-electron chi connectivity index (χ1n) is 13.8. The van der Waals surface area contributed by atoms with Crippen LogP contribution in [0.4, 0.5) is 26.7 Å². The molecule has 1 aliphatic rings. The monoisotopic (exact) mass is 562 g/mol. The Kier molecular flexibility index (Phi) is 11.0. The summed E-state index contributed by atoms with van der Waals surface area (Å²) in [5, 5.41) is 8.49. The molecule has 0 radical (unpaired) electrons. The molecule has 1 atom stereocenters. The maximum atomic E-state index is 13.1. The third kappa shape index (κ3) is 10.7. The molecule has 1 unspecified atom stereocenters. The van der Waals surface area contributed by atoms with E-state index in [4.69, 9.17) is 4.74 Å². The van der Waals surface area contributed by atoms with Crippen molar-refractivity contribution in [2.45, 2.75) is 39.7 Å². The van der Waals surface area contributed by atoms with Crippen molar-refractivity contribution in [1.82, 2.24) is 9.80 Å². The number of nitrogens with zero attached hydrogens (tertiary/aromatic N) is 3. The zero-order valence-corrected chi connectivity index (χ0v) is 24.9. The average molecular weight is 563 g/mol. The molecular weight excluding hydrogens is 520 g/mol. The van der Waals surface area contributed by atoms with Crippen LogP contribution in [0.15, 0.2) is 65.7 Å². The van der Waals surface area contributed by atoms with Crippen LogP contribution in [0.3, 0.4) is 0 Å². The first kappa shape index (κ1) is 31.3. The second-order valence-corrected chi connectivity index (χ2v) is 11.4. The van der Waals surface area contributed by atoms with E-state index in [1.807, 2.05) is 51.4 Å². The molecule has 2 aromatic carbocycles. The van der Waals surface area contributed by atoms with Crippen LogP contribution in [0.25, 0.3) is 0 Å². The molecule has 0 saturated heterocycles. The third-order valence-corrected chi connectivity index (χ3v) is 6.14. The number of para-hydroxylation sites is 2. The number of carbonyl (C=O) groups is 3. The van der Waals surface area contributed by atoms with Gasteiger partial charge in [0.15, 0.2) is 0 Å². The number of rotatable bonds is 10. The second kappa shape index (κ2) is 14.5. The van der Waals surface area contributed by atoms with Gasteiger partial charge in [-0.2, -0.15) is 0 Å². The largest absolute Gasteiger partial charge is 0.444 e. The summed E-state index contributed by atoms with van der Waals surface area (Å²) < 4.78 is 5.32. The quantitative estimate of drug-likeness (QED) is 0.359. The Labute approximate surface area is 242 Å². The minimum atomic E-state index is -0.649. The zero-order valence-electron chi connectivity index (χ0n) is 24.9. The van der Waals surface area contributed by atoms with Crippen LogP contribution in [0, 0.1) is 12.8 Å². The molecule has 10 nitrogen and oxygen atoms in total. The van der Waals surface area contributed by atoms with Gasteiger partial charge in [-0.1, -0.05) is 35.9 Å². The fourth-order valence-corrected chi connectivity index (χ4v) is 4.10. The lowest BCUT2D eigenvalue weighted by atomic mass is 10.0. The Morgan fingerprint density at radius 1 is 0.951 bits per heavy atom. The van der Waals surface area contributed by atoms with Gasteiger partial charge in [-0.25, -0.2) is 9.59 Å². The highest BCUT2D eigenvalue weighted by Crippen LogP contribution is 2.23. The van der Waals surface area contributed by atoms with Crippen molar-refractivity contribution in [2.24, 2.45) is 10.9 Å². The topological polar surface area (TPSA) is 115 Å². The van der Waals surface area contributed by atoms with Gasteiger partial charge >= 0.3 is 12.1 Å². The second-order valence-electron chi connectivity index (χ2n) is 11.4. The summed E-state index contributed by atoms with van der Waals surface area (Å²) in [6, 6.07) is 14.4. The number of aryl methyl sites for hydroxylation is 1. The Bertz CT molecular complexity index is 1260. The van der Waals surface area contributed by atoms with E-state index in [0.717, 1.165) is 24.2 Å². The van der Waals surface area contributed by atoms with Crippen molar-refractivity contribution in [3.63, 3.8) is 0 Å². The number of ether oxygens (including phenoxy) is 1. The van der Waals surface area contributed by atoms with Crippen molar-refractivity contribution in [1.29, 1.82) is 0 Å². The number of hydrogen-bond acceptors (Lipinski definition) is 6. The van der Waals surface area contributed by atoms with Gasteiger partial charge in [0.2, 0.25) is 0 Å². The van der Waals surface area contributed by atoms with Crippen LogP contribution in [0.1, 0.15) is 32.8 Å². The van der Waals surface area contributed by atoms with E-state index < -0.39 is 17.6 Å². The standard InChI is InChI=1S/C31H42N6O4/c1-22-12-15-24(16-13-22)33-29(39)37(19-9-18-36(5)6)21-23-14-17-27(32-20-23)28(38)34-25-10-7-8-11-26(25)35-30(40)41-31(2,3)4/h7-8,10-17,23H,9,18-21H2,1-6H3,(H,33,39)(H,34,38)(H,35,40). The lowest BCUT2D eigenvalue weighted by Gasteiger charge is -2.27. The van der Waals surface area contributed by atoms with Gasteiger partial charge in [0.25, 0.3) is 5.91 Å². The minimum Gasteiger partial charge on any atom is -0.444 e. The van der Waals surface area contributed by atoms with Crippen molar-refractivity contribution in [2.75, 3.05) is 56.2 Å². The fraction of sp³-hybridized carbons (Fsp3) is 0.419. The number of anilines is 3. The molecule has 4 amide bonds. The van der Waals surface area contributed by atoms with E-state index >= 15 is 0 Å². The average Bonchev–Trinajstić information content (AvgIpc) is 2.89. The fourth-order valence-electron chi connectivity index (χ4n) is 4.10. The number of dihydropyridines is 1. The number of carbonyl (C=O) groups excluding carboxylic acids is 3. The predicted octanol–water partition coefficient (Wildman–Crippen LogP) is 5.39. The molecule has 220 valence electrons. The molecule has 0 fully saturated rings. The van der Waals surface area contributed by atoms with Gasteiger partial charge in [0, 0.05) is 31.2 Å². The van der Waals surface area contributed by atoms with Crippen molar-refractivity contribution < 1.29 is 19.1 Å². The first-order valence-corrected chi connectivity index (χ1v) is 13.8. The van der Waals surface area contributed by atoms with E-state index in [9.17, 15) is 14.4 Å². The van der Waals surface area contributed by atoms with Crippen LogP contribution in [0.5, 0.6) is 0 Å². The molecule has 1 heterocycles. The van der Waals surface area contributed by atoms with E-state index in [-0.39, 0.29) is 17.7 Å². The van der Waals surface area contributed by atoms with Crippen molar-refractivity contribution >= 4 is 40.8 Å². The first-order chi connectivity index (χ1) is 19.4. The highest BCUT2D eigenvalue weighted by atomic mass is 16.6. The van der Waals surface area contributed by atoms with Crippen LogP contribution < -0.4 is 16.0 Å². The van der Waals surface area contributed by atoms with Gasteiger partial charge in [-0.05, 0) is 85.1 Å². The normalized spacial score (nSPS) is 14.7. The summed E-state index contributed by atoms with van der Waals surface area (Å²) in [5.74, 6) is -0.422. The molecular formula is C31H42N6O4. The summed E-state index contributed by atoms with van der Waals surface area (Å²) in [4.78, 5) is 46.8. The van der Waals surface area contributed by atoms with Crippen LogP contribution in [-0.4, -0.2) is 79.4 Å². The minimum absolute atomic E-state index is 0.0317. The molecule has 3 rings (SSSR count). The third-order valence-electron chi connectivity index (χ3n) is 6.14. The Morgan fingerprint density at radius 3 is 2.20 bits per heavy atom. The van der Waals surface area contributed by atoms with Crippen molar-refractivity contribution in [3.05, 3.63) is 66.2 Å². The molecule has 0 saturated carbocycles. The van der Waals surface area contributed by atoms with Crippen molar-refractivity contribution in [3.8, 4) is 0 Å². The van der Waals surface area contributed by atoms with E-state index in [2.05, 4.69) is 25.8 Å². The summed E-state index contributed by atoms with van der Waals surface area (Å²) in [5.41, 5.74) is 2.35. The lowest BCUT2D eigenvalue weighted by Crippen LogP contribution is -2.41. The summed E-state index contributed by atoms with van der Waals surface area (Å²) in [7, 11) is 4.02. The van der Waals surface area contributed by atoms with Crippen LogP contribution in [0.2, 0.25) is 0 Å². The molecule has 0 spiro atoms. The molecule has 2 aromatic rings. The number of aliphatic imine (C=N–C) groups is 1. The van der Waals surface area contributed by atoms with E-state index in [0.29, 0.717) is 31.0 Å². The number of benzene rings is 2. The number of hydrogen-bond donors (Lipinski definition) is 3. The van der Waals surface area contributed by atoms with E-state index in [1.165, 1.54) is 0 Å². The van der Waals surface area contributed by atoms with Gasteiger partial charge in [0.1, 0.15) is 11.3 Å². The molecule has 0 aliphatic carbocycles. The molecule has 3 N–H and O–H groups in total. The molecule has 10 heteroatoms. The molecule has 41 heavy (non-hydrogen) atoms. The summed E-state index contributed by atoms with van der Waals surface area (Å²) >= 11 is 0. The van der Waals surface area contributed by atoms with E-state index in [1.54, 1.807) is 56.0 Å². The van der Waals surface area contributed by atoms with Gasteiger partial charge < -0.3 is 25.2 Å². The number of nitrogens with one attached hydrogen (secondary N) is 3. The van der Waals surface area contributed by atoms with Gasteiger partial charge in [0.05, 0.1) is 11.4 Å². The number of amides is 4. The Morgan fingerprint density at radius 2 is 1.61 bits per heavy atom. The van der Waals surface area contributed by atoms with Gasteiger partial charge in [-0.3, -0.25) is 15.1 Å².